The van der Waals surface area contributed by atoms with Gasteiger partial charge in [-0.1, -0.05) is 0 Å². The van der Waals surface area contributed by atoms with Crippen LogP contribution in [0.2, 0.25) is 0 Å². The lowest BCUT2D eigenvalue weighted by molar-refractivity contribution is -0.394. The first-order valence-electron chi connectivity index (χ1n) is 6.14. The second kappa shape index (κ2) is 5.71. The Bertz CT molecular complexity index is 693. The fraction of sp³-hybridized carbons (Fsp3) is 0.231. The Morgan fingerprint density at radius 2 is 1.95 bits per heavy atom. The van der Waals surface area contributed by atoms with Gasteiger partial charge in [-0.3, -0.25) is 20.2 Å². The zero-order chi connectivity index (χ0) is 15.6. The van der Waals surface area contributed by atoms with E-state index < -0.39 is 16.0 Å². The molecular weight excluding hydrogens is 278 g/mol. The second-order valence-electron chi connectivity index (χ2n) is 4.62. The van der Waals surface area contributed by atoms with Crippen LogP contribution >= 0.6 is 0 Å². The van der Waals surface area contributed by atoms with Gasteiger partial charge >= 0.3 is 0 Å². The number of aromatic nitrogens is 1. The van der Waals surface area contributed by atoms with Gasteiger partial charge in [0.15, 0.2) is 0 Å². The van der Waals surface area contributed by atoms with E-state index >= 15 is 0 Å². The summed E-state index contributed by atoms with van der Waals surface area (Å²) in [7, 11) is 0. The zero-order valence-corrected chi connectivity index (χ0v) is 11.2. The number of nitro groups is 2. The third-order valence-corrected chi connectivity index (χ3v) is 3.09. The van der Waals surface area contributed by atoms with Crippen molar-refractivity contribution in [2.24, 2.45) is 0 Å². The normalized spacial score (nSPS) is 12.1. The predicted molar refractivity (Wildman–Crippen MR) is 73.9 cm³/mol. The molecule has 8 heteroatoms. The number of non-ortho nitro benzene ring substituents is 1. The molecule has 1 atom stereocenters. The van der Waals surface area contributed by atoms with E-state index in [2.05, 4.69) is 0 Å². The minimum atomic E-state index is -0.669. The molecule has 0 fully saturated rings. The smallest absolute Gasteiger partial charge is 0.281 e. The van der Waals surface area contributed by atoms with E-state index in [0.29, 0.717) is 11.1 Å². The molecule has 110 valence electrons. The molecule has 0 spiro atoms. The minimum absolute atomic E-state index is 0.195. The molecule has 8 nitrogen and oxygen atoms in total. The number of benzene rings is 1. The first kappa shape index (κ1) is 14.7. The Morgan fingerprint density at radius 1 is 1.24 bits per heavy atom. The van der Waals surface area contributed by atoms with E-state index in [0.717, 1.165) is 6.07 Å². The molecule has 0 saturated heterocycles. The number of aliphatic hydroxyl groups excluding tert-OH is 1. The molecule has 2 aromatic rings. The van der Waals surface area contributed by atoms with Gasteiger partial charge in [0, 0.05) is 24.0 Å². The van der Waals surface area contributed by atoms with E-state index in [1.54, 1.807) is 30.0 Å². The topological polar surface area (TPSA) is 111 Å². The summed E-state index contributed by atoms with van der Waals surface area (Å²) in [5.41, 5.74) is 0.442. The average molecular weight is 291 g/mol. The van der Waals surface area contributed by atoms with Crippen LogP contribution in [-0.2, 0) is 6.54 Å². The van der Waals surface area contributed by atoms with Gasteiger partial charge in [-0.2, -0.15) is 0 Å². The van der Waals surface area contributed by atoms with Crippen LogP contribution < -0.4 is 0 Å². The van der Waals surface area contributed by atoms with Gasteiger partial charge in [0.25, 0.3) is 11.4 Å². The van der Waals surface area contributed by atoms with Crippen molar-refractivity contribution in [3.8, 4) is 0 Å². The Kier molecular flexibility index (Phi) is 3.99. The average Bonchev–Trinajstić information content (AvgIpc) is 2.87. The summed E-state index contributed by atoms with van der Waals surface area (Å²) in [6, 6.07) is 5.27. The zero-order valence-electron chi connectivity index (χ0n) is 11.2. The molecular formula is C13H13N3O5. The van der Waals surface area contributed by atoms with Crippen molar-refractivity contribution >= 4 is 11.4 Å². The maximum absolute atomic E-state index is 11.0. The molecule has 2 rings (SSSR count). The Hall–Kier alpha value is -2.74. The summed E-state index contributed by atoms with van der Waals surface area (Å²) in [5, 5.41) is 31.2. The van der Waals surface area contributed by atoms with Gasteiger partial charge in [-0.15, -0.1) is 0 Å². The van der Waals surface area contributed by atoms with Crippen LogP contribution in [0, 0.1) is 20.2 Å². The first-order valence-corrected chi connectivity index (χ1v) is 6.14. The molecule has 0 bridgehead atoms. The molecule has 0 saturated carbocycles. The second-order valence-corrected chi connectivity index (χ2v) is 4.62. The number of aliphatic hydroxyl groups is 1. The molecule has 1 N–H and O–H groups in total. The molecule has 0 radical (unpaired) electrons. The maximum Gasteiger partial charge on any atom is 0.281 e. The van der Waals surface area contributed by atoms with Crippen LogP contribution in [0.25, 0.3) is 0 Å². The van der Waals surface area contributed by atoms with Crippen molar-refractivity contribution in [1.29, 1.82) is 0 Å². The molecule has 1 aromatic carbocycles. The van der Waals surface area contributed by atoms with Crippen LogP contribution in [0.1, 0.15) is 24.2 Å². The largest absolute Gasteiger partial charge is 0.389 e. The number of nitro benzene ring substituents is 2. The van der Waals surface area contributed by atoms with Gasteiger partial charge in [-0.25, -0.2) is 0 Å². The van der Waals surface area contributed by atoms with Gasteiger partial charge in [0.1, 0.15) is 0 Å². The molecule has 1 unspecified atom stereocenters. The highest BCUT2D eigenvalue weighted by atomic mass is 16.6. The van der Waals surface area contributed by atoms with Gasteiger partial charge in [0.2, 0.25) is 0 Å². The van der Waals surface area contributed by atoms with E-state index in [9.17, 15) is 25.3 Å². The lowest BCUT2D eigenvalue weighted by atomic mass is 10.1. The van der Waals surface area contributed by atoms with Gasteiger partial charge in [-0.05, 0) is 24.6 Å². The Morgan fingerprint density at radius 3 is 2.48 bits per heavy atom. The third-order valence-electron chi connectivity index (χ3n) is 3.09. The quantitative estimate of drug-likeness (QED) is 0.671. The SMILES string of the molecule is CC(O)c1ccn(Cc2ccc([N+](=O)[O-])cc2[N+](=O)[O-])c1. The summed E-state index contributed by atoms with van der Waals surface area (Å²) in [5.74, 6) is 0. The standard InChI is InChI=1S/C13H13N3O5/c1-9(17)10-4-5-14(7-10)8-11-2-3-12(15(18)19)6-13(11)16(20)21/h2-7,9,17H,8H2,1H3. The van der Waals surface area contributed by atoms with E-state index in [1.807, 2.05) is 0 Å². The van der Waals surface area contributed by atoms with Crippen molar-refractivity contribution in [2.75, 3.05) is 0 Å². The summed E-state index contributed by atoms with van der Waals surface area (Å²) < 4.78 is 1.68. The van der Waals surface area contributed by atoms with E-state index in [-0.39, 0.29) is 17.9 Å². The van der Waals surface area contributed by atoms with Crippen molar-refractivity contribution < 1.29 is 15.0 Å². The van der Waals surface area contributed by atoms with Gasteiger partial charge in [0.05, 0.1) is 28.6 Å². The van der Waals surface area contributed by atoms with Gasteiger partial charge < -0.3 is 9.67 Å². The van der Waals surface area contributed by atoms with E-state index in [4.69, 9.17) is 0 Å². The molecule has 0 amide bonds. The molecule has 21 heavy (non-hydrogen) atoms. The third kappa shape index (κ3) is 3.23. The number of hydrogen-bond donors (Lipinski definition) is 1. The molecule has 1 aromatic heterocycles. The lowest BCUT2D eigenvalue weighted by Crippen LogP contribution is -2.02. The summed E-state index contributed by atoms with van der Waals surface area (Å²) in [6.45, 7) is 1.81. The number of nitrogens with zero attached hydrogens (tertiary/aromatic N) is 3. The van der Waals surface area contributed by atoms with Crippen molar-refractivity contribution in [2.45, 2.75) is 19.6 Å². The molecule has 0 aliphatic rings. The highest BCUT2D eigenvalue weighted by Crippen LogP contribution is 2.25. The fourth-order valence-electron chi connectivity index (χ4n) is 1.97. The fourth-order valence-corrected chi connectivity index (χ4v) is 1.97. The van der Waals surface area contributed by atoms with Crippen LogP contribution in [0.5, 0.6) is 0 Å². The monoisotopic (exact) mass is 291 g/mol. The van der Waals surface area contributed by atoms with Crippen molar-refractivity contribution in [1.82, 2.24) is 4.57 Å². The van der Waals surface area contributed by atoms with Crippen LogP contribution in [0.15, 0.2) is 36.7 Å². The Labute approximate surface area is 119 Å². The Balaban J connectivity index is 2.34. The van der Waals surface area contributed by atoms with Crippen LogP contribution in [0.4, 0.5) is 11.4 Å². The van der Waals surface area contributed by atoms with Crippen LogP contribution in [0.3, 0.4) is 0 Å². The summed E-state index contributed by atoms with van der Waals surface area (Å²) >= 11 is 0. The van der Waals surface area contributed by atoms with Crippen molar-refractivity contribution in [3.63, 3.8) is 0 Å². The highest BCUT2D eigenvalue weighted by molar-refractivity contribution is 5.49. The minimum Gasteiger partial charge on any atom is -0.389 e. The first-order chi connectivity index (χ1) is 9.88. The highest BCUT2D eigenvalue weighted by Gasteiger charge is 2.19. The maximum atomic E-state index is 11.0. The van der Waals surface area contributed by atoms with Crippen LogP contribution in [-0.4, -0.2) is 19.5 Å². The molecule has 0 aliphatic carbocycles. The summed E-state index contributed by atoms with van der Waals surface area (Å²) in [6.07, 6.45) is 2.74. The molecule has 1 heterocycles. The number of rotatable bonds is 5. The molecule has 0 aliphatic heterocycles. The lowest BCUT2D eigenvalue weighted by Gasteiger charge is -2.05. The number of hydrogen-bond acceptors (Lipinski definition) is 5. The van der Waals surface area contributed by atoms with E-state index in [1.165, 1.54) is 12.1 Å². The van der Waals surface area contributed by atoms with Crippen molar-refractivity contribution in [3.05, 3.63) is 68.0 Å². The predicted octanol–water partition coefficient (Wildman–Crippen LogP) is 2.41. The summed E-state index contributed by atoms with van der Waals surface area (Å²) in [4.78, 5) is 20.4.